The Morgan fingerprint density at radius 2 is 2.62 bits per heavy atom. The first-order valence-corrected chi connectivity index (χ1v) is 2.63. The zero-order chi connectivity index (χ0) is 5.98. The summed E-state index contributed by atoms with van der Waals surface area (Å²) in [5.74, 6) is 0. The number of hydrogen-bond donors (Lipinski definition) is 1. The molecule has 0 aromatic rings. The van der Waals surface area contributed by atoms with Crippen LogP contribution in [0.25, 0.3) is 0 Å². The summed E-state index contributed by atoms with van der Waals surface area (Å²) < 4.78 is 9.47. The van der Waals surface area contributed by atoms with Gasteiger partial charge >= 0.3 is 0 Å². The van der Waals surface area contributed by atoms with Crippen LogP contribution in [0.5, 0.6) is 0 Å². The first kappa shape index (κ1) is 6.01. The van der Waals surface area contributed by atoms with Crippen molar-refractivity contribution in [1.29, 1.82) is 0 Å². The van der Waals surface area contributed by atoms with E-state index in [4.69, 9.17) is 9.84 Å². The van der Waals surface area contributed by atoms with Crippen LogP contribution in [0.1, 0.15) is 0 Å². The average Bonchev–Trinajstić information content (AvgIpc) is 2.45. The van der Waals surface area contributed by atoms with Crippen molar-refractivity contribution in [2.45, 2.75) is 12.2 Å². The summed E-state index contributed by atoms with van der Waals surface area (Å²) in [6, 6.07) is 0. The maximum absolute atomic E-state index is 8.94. The molecule has 48 valence electrons. The van der Waals surface area contributed by atoms with Gasteiger partial charge in [-0.25, -0.2) is 0 Å². The summed E-state index contributed by atoms with van der Waals surface area (Å²) in [4.78, 5) is 0. The van der Waals surface area contributed by atoms with Crippen LogP contribution in [0.3, 0.4) is 0 Å². The van der Waals surface area contributed by atoms with E-state index in [2.05, 4.69) is 4.74 Å². The molecule has 0 aromatic heterocycles. The summed E-state index contributed by atoms with van der Waals surface area (Å²) in [5.41, 5.74) is 0. The molecule has 3 heteroatoms. The van der Waals surface area contributed by atoms with E-state index in [1.807, 2.05) is 0 Å². The Morgan fingerprint density at radius 1 is 2.00 bits per heavy atom. The van der Waals surface area contributed by atoms with Gasteiger partial charge < -0.3 is 14.6 Å². The van der Waals surface area contributed by atoms with Gasteiger partial charge in [0.1, 0.15) is 12.2 Å². The summed E-state index contributed by atoms with van der Waals surface area (Å²) in [5, 5.41) is 8.94. The third kappa shape index (κ3) is 1.43. The molecule has 0 saturated carbocycles. The number of aliphatic hydroxyl groups is 1. The molecular formula is C5H10O3. The van der Waals surface area contributed by atoms with E-state index in [-0.39, 0.29) is 6.10 Å². The van der Waals surface area contributed by atoms with Gasteiger partial charge in [0, 0.05) is 7.11 Å². The van der Waals surface area contributed by atoms with Gasteiger partial charge in [-0.15, -0.1) is 0 Å². The summed E-state index contributed by atoms with van der Waals surface area (Å²) in [6.07, 6.45) is -0.366. The first-order chi connectivity index (χ1) is 3.84. The number of hydrogen-bond acceptors (Lipinski definition) is 3. The van der Waals surface area contributed by atoms with E-state index < -0.39 is 6.10 Å². The molecule has 1 rings (SSSR count). The van der Waals surface area contributed by atoms with Crippen LogP contribution >= 0.6 is 0 Å². The third-order valence-electron chi connectivity index (χ3n) is 1.13. The van der Waals surface area contributed by atoms with Crippen LogP contribution in [0.15, 0.2) is 0 Å². The maximum atomic E-state index is 8.94. The Hall–Kier alpha value is -0.120. The van der Waals surface area contributed by atoms with E-state index in [9.17, 15) is 0 Å². The fourth-order valence-electron chi connectivity index (χ4n) is 0.556. The minimum Gasteiger partial charge on any atom is -0.388 e. The minimum atomic E-state index is -0.417. The van der Waals surface area contributed by atoms with E-state index in [1.54, 1.807) is 7.11 Å². The van der Waals surface area contributed by atoms with Gasteiger partial charge in [-0.1, -0.05) is 0 Å². The largest absolute Gasteiger partial charge is 0.388 e. The lowest BCUT2D eigenvalue weighted by Gasteiger charge is -2.02. The molecule has 0 radical (unpaired) electrons. The fourth-order valence-corrected chi connectivity index (χ4v) is 0.556. The van der Waals surface area contributed by atoms with Crippen LogP contribution in [0.4, 0.5) is 0 Å². The number of aliphatic hydroxyl groups excluding tert-OH is 1. The molecule has 1 aliphatic heterocycles. The van der Waals surface area contributed by atoms with Crippen molar-refractivity contribution in [3.63, 3.8) is 0 Å². The van der Waals surface area contributed by atoms with Crippen molar-refractivity contribution in [3.8, 4) is 0 Å². The highest BCUT2D eigenvalue weighted by atomic mass is 16.6. The van der Waals surface area contributed by atoms with Gasteiger partial charge in [0.25, 0.3) is 0 Å². The SMILES string of the molecule is COCC(O)C1CO1. The van der Waals surface area contributed by atoms with Gasteiger partial charge in [-0.05, 0) is 0 Å². The lowest BCUT2D eigenvalue weighted by molar-refractivity contribution is 0.0457. The molecule has 2 unspecified atom stereocenters. The van der Waals surface area contributed by atoms with Crippen molar-refractivity contribution in [1.82, 2.24) is 0 Å². The molecule has 8 heavy (non-hydrogen) atoms. The topological polar surface area (TPSA) is 42.0 Å². The molecule has 1 N–H and O–H groups in total. The van der Waals surface area contributed by atoms with Gasteiger partial charge in [-0.2, -0.15) is 0 Å². The normalized spacial score (nSPS) is 30.0. The predicted octanol–water partition coefficient (Wildman–Crippen LogP) is -0.607. The summed E-state index contributed by atoms with van der Waals surface area (Å²) >= 11 is 0. The highest BCUT2D eigenvalue weighted by Gasteiger charge is 2.30. The van der Waals surface area contributed by atoms with E-state index in [0.717, 1.165) is 0 Å². The Labute approximate surface area is 48.2 Å². The van der Waals surface area contributed by atoms with Gasteiger partial charge in [0.2, 0.25) is 0 Å². The molecule has 0 bridgehead atoms. The molecule has 3 nitrogen and oxygen atoms in total. The van der Waals surface area contributed by atoms with Crippen LogP contribution < -0.4 is 0 Å². The summed E-state index contributed by atoms with van der Waals surface area (Å²) in [7, 11) is 1.56. The molecule has 1 aliphatic rings. The first-order valence-electron chi connectivity index (χ1n) is 2.63. The standard InChI is InChI=1S/C5H10O3/c1-7-2-4(6)5-3-8-5/h4-6H,2-3H2,1H3. The number of ether oxygens (including phenoxy) is 2. The lowest BCUT2D eigenvalue weighted by Crippen LogP contribution is -2.20. The molecule has 1 fully saturated rings. The Kier molecular flexibility index (Phi) is 1.83. The van der Waals surface area contributed by atoms with Gasteiger partial charge in [0.15, 0.2) is 0 Å². The Morgan fingerprint density at radius 3 is 3.00 bits per heavy atom. The zero-order valence-electron chi connectivity index (χ0n) is 4.83. The van der Waals surface area contributed by atoms with Crippen LogP contribution in [0, 0.1) is 0 Å². The summed E-state index contributed by atoms with van der Waals surface area (Å²) in [6.45, 7) is 1.06. The van der Waals surface area contributed by atoms with Crippen molar-refractivity contribution < 1.29 is 14.6 Å². The van der Waals surface area contributed by atoms with Crippen molar-refractivity contribution in [2.24, 2.45) is 0 Å². The highest BCUT2D eigenvalue weighted by Crippen LogP contribution is 2.13. The molecule has 0 aromatic carbocycles. The second-order valence-corrected chi connectivity index (χ2v) is 1.89. The Bertz CT molecular complexity index is 70.1. The average molecular weight is 118 g/mol. The maximum Gasteiger partial charge on any atom is 0.109 e. The predicted molar refractivity (Wildman–Crippen MR) is 27.6 cm³/mol. The molecule has 1 saturated heterocycles. The number of epoxide rings is 1. The highest BCUT2D eigenvalue weighted by molar-refractivity contribution is 4.77. The monoisotopic (exact) mass is 118 g/mol. The molecule has 0 amide bonds. The molecule has 1 heterocycles. The van der Waals surface area contributed by atoms with Gasteiger partial charge in [0.05, 0.1) is 13.2 Å². The number of methoxy groups -OCH3 is 1. The Balaban J connectivity index is 2.03. The minimum absolute atomic E-state index is 0.0509. The second kappa shape index (κ2) is 2.44. The van der Waals surface area contributed by atoms with E-state index in [1.165, 1.54) is 0 Å². The number of rotatable bonds is 3. The smallest absolute Gasteiger partial charge is 0.109 e. The fraction of sp³-hybridized carbons (Fsp3) is 1.00. The van der Waals surface area contributed by atoms with Crippen LogP contribution in [-0.4, -0.2) is 37.6 Å². The third-order valence-corrected chi connectivity index (χ3v) is 1.13. The van der Waals surface area contributed by atoms with Gasteiger partial charge in [-0.3, -0.25) is 0 Å². The zero-order valence-corrected chi connectivity index (χ0v) is 4.83. The molecule has 2 atom stereocenters. The van der Waals surface area contributed by atoms with Crippen molar-refractivity contribution >= 4 is 0 Å². The second-order valence-electron chi connectivity index (χ2n) is 1.89. The van der Waals surface area contributed by atoms with Crippen molar-refractivity contribution in [3.05, 3.63) is 0 Å². The quantitative estimate of drug-likeness (QED) is 0.503. The molecule has 0 aliphatic carbocycles. The van der Waals surface area contributed by atoms with E-state index >= 15 is 0 Å². The molecule has 0 spiro atoms. The molecular weight excluding hydrogens is 108 g/mol. The lowest BCUT2D eigenvalue weighted by atomic mass is 10.3. The van der Waals surface area contributed by atoms with Crippen LogP contribution in [-0.2, 0) is 9.47 Å². The van der Waals surface area contributed by atoms with E-state index in [0.29, 0.717) is 13.2 Å². The van der Waals surface area contributed by atoms with Crippen LogP contribution in [0.2, 0.25) is 0 Å². The van der Waals surface area contributed by atoms with Crippen molar-refractivity contribution in [2.75, 3.05) is 20.3 Å².